The lowest BCUT2D eigenvalue weighted by atomic mass is 10.1. The first-order valence-corrected chi connectivity index (χ1v) is 6.63. The topological polar surface area (TPSA) is 68.7 Å². The molecule has 0 saturated heterocycles. The highest BCUT2D eigenvalue weighted by Gasteiger charge is 2.14. The van der Waals surface area contributed by atoms with Crippen molar-refractivity contribution in [2.45, 2.75) is 19.3 Å². The number of benzene rings is 1. The number of aryl methyl sites for hydroxylation is 1. The fourth-order valence-electron chi connectivity index (χ4n) is 2.31. The van der Waals surface area contributed by atoms with Gasteiger partial charge in [0.1, 0.15) is 0 Å². The van der Waals surface area contributed by atoms with Gasteiger partial charge in [0.25, 0.3) is 0 Å². The highest BCUT2D eigenvalue weighted by molar-refractivity contribution is 5.88. The van der Waals surface area contributed by atoms with E-state index >= 15 is 0 Å². The van der Waals surface area contributed by atoms with Crippen molar-refractivity contribution in [1.82, 2.24) is 4.98 Å². The smallest absolute Gasteiger partial charge is 0.303 e. The number of aliphatic carboxylic acids is 1. The lowest BCUT2D eigenvalue weighted by Gasteiger charge is -2.11. The van der Waals surface area contributed by atoms with E-state index in [1.54, 1.807) is 6.20 Å². The Morgan fingerprint density at radius 1 is 1.25 bits per heavy atom. The molecule has 0 atom stereocenters. The van der Waals surface area contributed by atoms with Crippen LogP contribution in [-0.4, -0.2) is 29.3 Å². The first-order chi connectivity index (χ1) is 9.74. The maximum Gasteiger partial charge on any atom is 0.303 e. The fourth-order valence-corrected chi connectivity index (χ4v) is 2.31. The first-order valence-electron chi connectivity index (χ1n) is 6.63. The molecule has 1 aliphatic rings. The molecule has 5 nitrogen and oxygen atoms in total. The van der Waals surface area contributed by atoms with Crippen LogP contribution in [-0.2, 0) is 11.2 Å². The highest BCUT2D eigenvalue weighted by atomic mass is 16.5. The molecule has 0 spiro atoms. The third-order valence-electron chi connectivity index (χ3n) is 3.29. The molecule has 5 heteroatoms. The Morgan fingerprint density at radius 2 is 2.00 bits per heavy atom. The summed E-state index contributed by atoms with van der Waals surface area (Å²) in [6.07, 6.45) is 3.03. The largest absolute Gasteiger partial charge is 0.490 e. The minimum Gasteiger partial charge on any atom is -0.490 e. The summed E-state index contributed by atoms with van der Waals surface area (Å²) in [5, 5.41) is 10.7. The van der Waals surface area contributed by atoms with Crippen molar-refractivity contribution in [3.63, 3.8) is 0 Å². The molecule has 20 heavy (non-hydrogen) atoms. The molecular weight excluding hydrogens is 258 g/mol. The Kier molecular flexibility index (Phi) is 3.41. The lowest BCUT2D eigenvalue weighted by molar-refractivity contribution is -0.136. The quantitative estimate of drug-likeness (QED) is 0.930. The second-order valence-corrected chi connectivity index (χ2v) is 4.72. The number of ether oxygens (including phenoxy) is 2. The van der Waals surface area contributed by atoms with Gasteiger partial charge in [-0.1, -0.05) is 0 Å². The summed E-state index contributed by atoms with van der Waals surface area (Å²) in [6, 6.07) is 5.73. The van der Waals surface area contributed by atoms with E-state index in [4.69, 9.17) is 14.6 Å². The predicted octanol–water partition coefficient (Wildman–Crippen LogP) is 2.41. The van der Waals surface area contributed by atoms with Crippen LogP contribution < -0.4 is 9.47 Å². The van der Waals surface area contributed by atoms with Crippen LogP contribution in [0.2, 0.25) is 0 Å². The van der Waals surface area contributed by atoms with Gasteiger partial charge in [0.2, 0.25) is 0 Å². The van der Waals surface area contributed by atoms with Crippen LogP contribution in [0.3, 0.4) is 0 Å². The standard InChI is InChI=1S/C15H15NO4/c17-15(18)3-2-12-11-9-14-13(19-6-1-7-20-14)8-10(11)4-5-16-12/h4-5,8-9H,1-3,6-7H2,(H,17,18). The Morgan fingerprint density at radius 3 is 2.75 bits per heavy atom. The zero-order valence-corrected chi connectivity index (χ0v) is 11.0. The Bertz CT molecular complexity index is 654. The van der Waals surface area contributed by atoms with Gasteiger partial charge in [-0.05, 0) is 23.6 Å². The van der Waals surface area contributed by atoms with Crippen molar-refractivity contribution in [2.24, 2.45) is 0 Å². The average molecular weight is 273 g/mol. The van der Waals surface area contributed by atoms with Gasteiger partial charge >= 0.3 is 5.97 Å². The van der Waals surface area contributed by atoms with Gasteiger partial charge in [0.05, 0.1) is 19.6 Å². The molecule has 2 heterocycles. The third kappa shape index (κ3) is 2.52. The molecule has 0 radical (unpaired) electrons. The zero-order valence-electron chi connectivity index (χ0n) is 11.0. The number of nitrogens with zero attached hydrogens (tertiary/aromatic N) is 1. The molecule has 0 amide bonds. The van der Waals surface area contributed by atoms with Gasteiger partial charge in [-0.25, -0.2) is 0 Å². The number of carboxylic acids is 1. The third-order valence-corrected chi connectivity index (χ3v) is 3.29. The molecule has 0 bridgehead atoms. The van der Waals surface area contributed by atoms with Gasteiger partial charge in [0, 0.05) is 30.1 Å². The molecule has 1 aromatic heterocycles. The van der Waals surface area contributed by atoms with Crippen LogP contribution in [0.5, 0.6) is 11.5 Å². The summed E-state index contributed by atoms with van der Waals surface area (Å²) in [4.78, 5) is 15.0. The van der Waals surface area contributed by atoms with E-state index in [1.165, 1.54) is 0 Å². The summed E-state index contributed by atoms with van der Waals surface area (Å²) in [7, 11) is 0. The first kappa shape index (κ1) is 12.7. The zero-order chi connectivity index (χ0) is 13.9. The Hall–Kier alpha value is -2.30. The normalized spacial score (nSPS) is 14.0. The summed E-state index contributed by atoms with van der Waals surface area (Å²) >= 11 is 0. The Labute approximate surface area is 116 Å². The molecule has 0 saturated carbocycles. The number of rotatable bonds is 3. The number of aromatic nitrogens is 1. The monoisotopic (exact) mass is 273 g/mol. The summed E-state index contributed by atoms with van der Waals surface area (Å²) in [6.45, 7) is 1.28. The van der Waals surface area contributed by atoms with E-state index in [2.05, 4.69) is 4.98 Å². The maximum atomic E-state index is 10.7. The highest BCUT2D eigenvalue weighted by Crippen LogP contribution is 2.35. The molecule has 3 rings (SSSR count). The van der Waals surface area contributed by atoms with Crippen LogP contribution in [0.4, 0.5) is 0 Å². The number of carbonyl (C=O) groups is 1. The number of carboxylic acid groups (broad SMARTS) is 1. The van der Waals surface area contributed by atoms with Gasteiger partial charge in [0.15, 0.2) is 11.5 Å². The summed E-state index contributed by atoms with van der Waals surface area (Å²) in [5.74, 6) is 0.628. The predicted molar refractivity (Wildman–Crippen MR) is 73.3 cm³/mol. The molecular formula is C15H15NO4. The molecule has 1 N–H and O–H groups in total. The molecule has 0 aliphatic carbocycles. The van der Waals surface area contributed by atoms with Crippen LogP contribution in [0.1, 0.15) is 18.5 Å². The van der Waals surface area contributed by atoms with E-state index in [1.807, 2.05) is 18.2 Å². The summed E-state index contributed by atoms with van der Waals surface area (Å²) < 4.78 is 11.3. The number of hydrogen-bond acceptors (Lipinski definition) is 4. The van der Waals surface area contributed by atoms with Crippen LogP contribution in [0.25, 0.3) is 10.8 Å². The second kappa shape index (κ2) is 5.36. The maximum absolute atomic E-state index is 10.7. The van der Waals surface area contributed by atoms with Crippen LogP contribution in [0, 0.1) is 0 Å². The molecule has 2 aromatic rings. The van der Waals surface area contributed by atoms with Crippen molar-refractivity contribution in [3.8, 4) is 11.5 Å². The SMILES string of the molecule is O=C(O)CCc1nccc2cc3c(cc12)OCCCO3. The van der Waals surface area contributed by atoms with Crippen molar-refractivity contribution in [1.29, 1.82) is 0 Å². The molecule has 104 valence electrons. The molecule has 1 aliphatic heterocycles. The molecule has 1 aromatic carbocycles. The minimum absolute atomic E-state index is 0.0700. The lowest BCUT2D eigenvalue weighted by Crippen LogP contribution is -2.00. The van der Waals surface area contributed by atoms with Gasteiger partial charge in [-0.15, -0.1) is 0 Å². The second-order valence-electron chi connectivity index (χ2n) is 4.72. The van der Waals surface area contributed by atoms with Gasteiger partial charge in [-0.3, -0.25) is 9.78 Å². The average Bonchev–Trinajstić information content (AvgIpc) is 2.67. The van der Waals surface area contributed by atoms with E-state index in [0.717, 1.165) is 28.6 Å². The minimum atomic E-state index is -0.821. The number of fused-ring (bicyclic) bond motifs is 2. The van der Waals surface area contributed by atoms with Crippen molar-refractivity contribution in [2.75, 3.05) is 13.2 Å². The van der Waals surface area contributed by atoms with Gasteiger partial charge in [-0.2, -0.15) is 0 Å². The van der Waals surface area contributed by atoms with Gasteiger partial charge < -0.3 is 14.6 Å². The van der Waals surface area contributed by atoms with E-state index in [-0.39, 0.29) is 6.42 Å². The van der Waals surface area contributed by atoms with Crippen LogP contribution >= 0.6 is 0 Å². The van der Waals surface area contributed by atoms with E-state index in [0.29, 0.717) is 25.4 Å². The van der Waals surface area contributed by atoms with Crippen molar-refractivity contribution < 1.29 is 19.4 Å². The molecule has 0 fully saturated rings. The van der Waals surface area contributed by atoms with Crippen molar-refractivity contribution in [3.05, 3.63) is 30.1 Å². The number of hydrogen-bond donors (Lipinski definition) is 1. The summed E-state index contributed by atoms with van der Waals surface area (Å²) in [5.41, 5.74) is 0.778. The van der Waals surface area contributed by atoms with Crippen molar-refractivity contribution >= 4 is 16.7 Å². The molecule has 0 unspecified atom stereocenters. The van der Waals surface area contributed by atoms with E-state index < -0.39 is 5.97 Å². The Balaban J connectivity index is 2.04. The fraction of sp³-hybridized carbons (Fsp3) is 0.333. The van der Waals surface area contributed by atoms with Crippen LogP contribution in [0.15, 0.2) is 24.4 Å². The van der Waals surface area contributed by atoms with E-state index in [9.17, 15) is 4.79 Å². The number of pyridine rings is 1.